The van der Waals surface area contributed by atoms with Gasteiger partial charge in [-0.15, -0.1) is 11.3 Å². The van der Waals surface area contributed by atoms with Gasteiger partial charge in [0.2, 0.25) is 0 Å². The van der Waals surface area contributed by atoms with Crippen molar-refractivity contribution in [3.8, 4) is 11.3 Å². The van der Waals surface area contributed by atoms with Crippen molar-refractivity contribution in [3.05, 3.63) is 62.5 Å². The first-order valence-corrected chi connectivity index (χ1v) is 10.7. The van der Waals surface area contributed by atoms with Gasteiger partial charge in [-0.25, -0.2) is 0 Å². The lowest BCUT2D eigenvalue weighted by Gasteiger charge is -2.21. The Hall–Kier alpha value is -2.65. The number of amides is 1. The van der Waals surface area contributed by atoms with E-state index in [1.165, 1.54) is 23.5 Å². The molecular weight excluding hydrogens is 425 g/mol. The second kappa shape index (κ2) is 8.84. The third-order valence-corrected chi connectivity index (χ3v) is 6.59. The number of hydrogen-bond donors (Lipinski definition) is 2. The molecule has 2 aromatic heterocycles. The zero-order chi connectivity index (χ0) is 22.9. The highest BCUT2D eigenvalue weighted by Crippen LogP contribution is 2.43. The smallest absolute Gasteiger partial charge is 0.365 e. The molecule has 0 aliphatic rings. The summed E-state index contributed by atoms with van der Waals surface area (Å²) in [7, 11) is 1.80. The highest BCUT2D eigenvalue weighted by atomic mass is 32.1. The maximum atomic E-state index is 13.6. The van der Waals surface area contributed by atoms with Gasteiger partial charge in [0.25, 0.3) is 5.91 Å². The minimum atomic E-state index is -4.48. The summed E-state index contributed by atoms with van der Waals surface area (Å²) in [5.74, 6) is -1.14. The average molecular weight is 451 g/mol. The number of halogens is 3. The zero-order valence-electron chi connectivity index (χ0n) is 17.6. The zero-order valence-corrected chi connectivity index (χ0v) is 18.4. The van der Waals surface area contributed by atoms with Gasteiger partial charge in [-0.1, -0.05) is 25.1 Å². The Morgan fingerprint density at radius 3 is 2.52 bits per heavy atom. The number of hydrogen-bond acceptors (Lipinski definition) is 4. The highest BCUT2D eigenvalue weighted by Gasteiger charge is 2.35. The normalized spacial score (nSPS) is 12.9. The number of aromatic nitrogens is 2. The average Bonchev–Trinajstić information content (AvgIpc) is 3.24. The SMILES string of the molecule is CCc1cnn(C)c1-c1c(C)sc(C(N)=O)c1[C@@H](CN)Cc1ccccc1C(F)(F)F. The Bertz CT molecular complexity index is 1100. The van der Waals surface area contributed by atoms with Crippen LogP contribution in [0.1, 0.15) is 49.6 Å². The van der Waals surface area contributed by atoms with Crippen molar-refractivity contribution in [1.82, 2.24) is 9.78 Å². The number of rotatable bonds is 7. The molecule has 4 N–H and O–H groups in total. The molecule has 3 rings (SSSR count). The molecule has 0 unspecified atom stereocenters. The summed E-state index contributed by atoms with van der Waals surface area (Å²) in [4.78, 5) is 13.5. The van der Waals surface area contributed by atoms with Crippen LogP contribution >= 0.6 is 11.3 Å². The fourth-order valence-corrected chi connectivity index (χ4v) is 5.13. The van der Waals surface area contributed by atoms with Crippen LogP contribution < -0.4 is 11.5 Å². The van der Waals surface area contributed by atoms with Crippen molar-refractivity contribution in [2.75, 3.05) is 6.54 Å². The van der Waals surface area contributed by atoms with E-state index in [4.69, 9.17) is 11.5 Å². The van der Waals surface area contributed by atoms with E-state index in [0.717, 1.165) is 27.8 Å². The van der Waals surface area contributed by atoms with Gasteiger partial charge < -0.3 is 11.5 Å². The lowest BCUT2D eigenvalue weighted by Crippen LogP contribution is -2.21. The van der Waals surface area contributed by atoms with Crippen molar-refractivity contribution in [1.29, 1.82) is 0 Å². The van der Waals surface area contributed by atoms with Crippen LogP contribution in [0.5, 0.6) is 0 Å². The monoisotopic (exact) mass is 450 g/mol. The van der Waals surface area contributed by atoms with Gasteiger partial charge in [-0.05, 0) is 49.1 Å². The summed E-state index contributed by atoms with van der Waals surface area (Å²) in [5.41, 5.74) is 14.4. The summed E-state index contributed by atoms with van der Waals surface area (Å²) in [5, 5.41) is 4.34. The Morgan fingerprint density at radius 1 is 1.26 bits per heavy atom. The standard InChI is InChI=1S/C22H25F3N4OS/c1-4-13-11-28-29(3)19(13)17-12(2)31-20(21(27)30)18(17)15(10-26)9-14-7-5-6-8-16(14)22(23,24)25/h5-8,11,15H,4,9-10,26H2,1-3H3,(H2,27,30)/t15-/m1/s1. The predicted molar refractivity (Wildman–Crippen MR) is 116 cm³/mol. The first-order valence-electron chi connectivity index (χ1n) is 9.89. The van der Waals surface area contributed by atoms with Crippen LogP contribution in [-0.4, -0.2) is 22.2 Å². The maximum Gasteiger partial charge on any atom is 0.416 e. The van der Waals surface area contributed by atoms with Crippen molar-refractivity contribution in [2.45, 2.75) is 38.8 Å². The van der Waals surface area contributed by atoms with Crippen molar-refractivity contribution < 1.29 is 18.0 Å². The topological polar surface area (TPSA) is 86.9 Å². The van der Waals surface area contributed by atoms with Gasteiger partial charge in [0, 0.05) is 23.4 Å². The molecule has 166 valence electrons. The van der Waals surface area contributed by atoms with E-state index in [2.05, 4.69) is 5.10 Å². The Balaban J connectivity index is 2.21. The molecule has 9 heteroatoms. The molecule has 1 amide bonds. The van der Waals surface area contributed by atoms with Crippen molar-refractivity contribution >= 4 is 17.2 Å². The number of thiophene rings is 1. The second-order valence-electron chi connectivity index (χ2n) is 7.43. The molecule has 5 nitrogen and oxygen atoms in total. The molecular formula is C22H25F3N4OS. The number of nitrogens with zero attached hydrogens (tertiary/aromatic N) is 2. The summed E-state index contributed by atoms with van der Waals surface area (Å²) >= 11 is 1.25. The van der Waals surface area contributed by atoms with E-state index < -0.39 is 23.6 Å². The fourth-order valence-electron chi connectivity index (χ4n) is 4.04. The van der Waals surface area contributed by atoms with Crippen LogP contribution in [0.3, 0.4) is 0 Å². The summed E-state index contributed by atoms with van der Waals surface area (Å²) in [6.07, 6.45) is -1.97. The molecule has 0 fully saturated rings. The molecule has 0 aliphatic heterocycles. The molecule has 1 atom stereocenters. The number of aryl methyl sites for hydroxylation is 3. The van der Waals surface area contributed by atoms with Crippen molar-refractivity contribution in [2.24, 2.45) is 18.5 Å². The van der Waals surface area contributed by atoms with Crippen LogP contribution in [-0.2, 0) is 26.1 Å². The molecule has 3 aromatic rings. The number of alkyl halides is 3. The molecule has 1 aromatic carbocycles. The lowest BCUT2D eigenvalue weighted by atomic mass is 9.85. The van der Waals surface area contributed by atoms with Gasteiger partial charge in [0.15, 0.2) is 0 Å². The third-order valence-electron chi connectivity index (χ3n) is 5.46. The maximum absolute atomic E-state index is 13.6. The lowest BCUT2D eigenvalue weighted by molar-refractivity contribution is -0.138. The summed E-state index contributed by atoms with van der Waals surface area (Å²) in [6.45, 7) is 3.94. The van der Waals surface area contributed by atoms with Crippen LogP contribution in [0.4, 0.5) is 13.2 Å². The molecule has 0 aliphatic carbocycles. The van der Waals surface area contributed by atoms with Gasteiger partial charge in [0.05, 0.1) is 22.3 Å². The number of carbonyl (C=O) groups excluding carboxylic acids is 1. The number of nitrogens with two attached hydrogens (primary N) is 2. The Labute approximate surface area is 182 Å². The van der Waals surface area contributed by atoms with Gasteiger partial charge in [-0.2, -0.15) is 18.3 Å². The molecule has 0 radical (unpaired) electrons. The molecule has 0 spiro atoms. The Morgan fingerprint density at radius 2 is 1.94 bits per heavy atom. The quantitative estimate of drug-likeness (QED) is 0.559. The van der Waals surface area contributed by atoms with Crippen molar-refractivity contribution in [3.63, 3.8) is 0 Å². The number of primary amides is 1. The van der Waals surface area contributed by atoms with Gasteiger partial charge >= 0.3 is 6.18 Å². The Kier molecular flexibility index (Phi) is 6.56. The summed E-state index contributed by atoms with van der Waals surface area (Å²) in [6, 6.07) is 5.45. The second-order valence-corrected chi connectivity index (χ2v) is 8.65. The van der Waals surface area contributed by atoms with Crippen LogP contribution in [0.2, 0.25) is 0 Å². The van der Waals surface area contributed by atoms with Crippen LogP contribution in [0.25, 0.3) is 11.3 Å². The van der Waals surface area contributed by atoms with Gasteiger partial charge in [0.1, 0.15) is 0 Å². The highest BCUT2D eigenvalue weighted by molar-refractivity contribution is 7.14. The predicted octanol–water partition coefficient (Wildman–Crippen LogP) is 4.42. The van der Waals surface area contributed by atoms with E-state index in [9.17, 15) is 18.0 Å². The molecule has 31 heavy (non-hydrogen) atoms. The minimum Gasteiger partial charge on any atom is -0.365 e. The van der Waals surface area contributed by atoms with Gasteiger partial charge in [-0.3, -0.25) is 9.48 Å². The van der Waals surface area contributed by atoms with Crippen LogP contribution in [0.15, 0.2) is 30.5 Å². The number of benzene rings is 1. The molecule has 0 bridgehead atoms. The minimum absolute atomic E-state index is 0.0367. The number of carbonyl (C=O) groups is 1. The summed E-state index contributed by atoms with van der Waals surface area (Å²) < 4.78 is 42.4. The fraction of sp³-hybridized carbons (Fsp3) is 0.364. The van der Waals surface area contributed by atoms with E-state index >= 15 is 0 Å². The first kappa shape index (κ1) is 23.0. The van der Waals surface area contributed by atoms with Crippen LogP contribution in [0, 0.1) is 6.92 Å². The van der Waals surface area contributed by atoms with E-state index in [-0.39, 0.29) is 18.5 Å². The molecule has 0 saturated heterocycles. The third kappa shape index (κ3) is 4.38. The van der Waals surface area contributed by atoms with E-state index in [0.29, 0.717) is 16.9 Å². The molecule has 0 saturated carbocycles. The van der Waals surface area contributed by atoms with E-state index in [1.807, 2.05) is 13.8 Å². The molecule has 2 heterocycles. The van der Waals surface area contributed by atoms with E-state index in [1.54, 1.807) is 24.0 Å². The first-order chi connectivity index (χ1) is 14.6. The largest absolute Gasteiger partial charge is 0.416 e.